The van der Waals surface area contributed by atoms with Gasteiger partial charge in [0.1, 0.15) is 0 Å². The van der Waals surface area contributed by atoms with Crippen LogP contribution < -0.4 is 0 Å². The summed E-state index contributed by atoms with van der Waals surface area (Å²) >= 11 is 0. The largest absolute Gasteiger partial charge is 0.101 e. The fourth-order valence-electron chi connectivity index (χ4n) is 10.1. The lowest BCUT2D eigenvalue weighted by Crippen LogP contribution is -2.24. The molecule has 272 valence electrons. The van der Waals surface area contributed by atoms with Crippen molar-refractivity contribution in [3.63, 3.8) is 0 Å². The summed E-state index contributed by atoms with van der Waals surface area (Å²) < 4.78 is 0. The van der Waals surface area contributed by atoms with Crippen LogP contribution in [0.3, 0.4) is 0 Å². The van der Waals surface area contributed by atoms with E-state index in [0.717, 1.165) is 22.6 Å². The molecule has 0 amide bonds. The first-order valence-electron chi connectivity index (χ1n) is 21.2. The van der Waals surface area contributed by atoms with Crippen molar-refractivity contribution < 1.29 is 0 Å². The average molecular weight is 713 g/mol. The van der Waals surface area contributed by atoms with Gasteiger partial charge < -0.3 is 0 Å². The van der Waals surface area contributed by atoms with Crippen molar-refractivity contribution in [3.8, 4) is 0 Å². The van der Waals surface area contributed by atoms with Gasteiger partial charge in [0.15, 0.2) is 0 Å². The fraction of sp³-hybridized carbons (Fsp3) is 1.00. The zero-order chi connectivity index (χ0) is 33.3. The lowest BCUT2D eigenvalue weighted by molar-refractivity contribution is 0.482. The molecule has 0 bridgehead atoms. The van der Waals surface area contributed by atoms with Crippen LogP contribution in [0.15, 0.2) is 0 Å². The van der Waals surface area contributed by atoms with Crippen molar-refractivity contribution in [2.75, 3.05) is 24.6 Å². The normalized spacial score (nSPS) is 21.9. The molecule has 0 aromatic heterocycles. The first kappa shape index (κ1) is 42.1. The van der Waals surface area contributed by atoms with Crippen molar-refractivity contribution in [1.82, 2.24) is 0 Å². The molecule has 0 aromatic carbocycles. The SMILES string of the molecule is C1CCC(P(CCCP(C2CCCCC2)C2CCCCC2)C2CCCCC2)CC1.CC(C)P(CCCP(C(C)C)C(C)C)C(C)C. The van der Waals surface area contributed by atoms with E-state index in [2.05, 4.69) is 55.4 Å². The Labute approximate surface area is 297 Å². The monoisotopic (exact) mass is 713 g/mol. The van der Waals surface area contributed by atoms with Crippen LogP contribution in [-0.2, 0) is 0 Å². The summed E-state index contributed by atoms with van der Waals surface area (Å²) in [5.74, 6) is 0. The van der Waals surface area contributed by atoms with Gasteiger partial charge in [0.25, 0.3) is 0 Å². The first-order chi connectivity index (χ1) is 22.2. The van der Waals surface area contributed by atoms with Crippen LogP contribution in [0.4, 0.5) is 0 Å². The van der Waals surface area contributed by atoms with Crippen LogP contribution in [0.5, 0.6) is 0 Å². The molecule has 0 aliphatic heterocycles. The van der Waals surface area contributed by atoms with Gasteiger partial charge in [-0.15, -0.1) is 31.7 Å². The topological polar surface area (TPSA) is 0 Å². The minimum absolute atomic E-state index is 0.263. The summed E-state index contributed by atoms with van der Waals surface area (Å²) in [4.78, 5) is 0. The average Bonchev–Trinajstić information content (AvgIpc) is 3.06. The quantitative estimate of drug-likeness (QED) is 0.140. The van der Waals surface area contributed by atoms with Gasteiger partial charge in [-0.1, -0.05) is 132 Å². The molecule has 0 N–H and O–H groups in total. The van der Waals surface area contributed by atoms with Gasteiger partial charge in [-0.25, -0.2) is 0 Å². The van der Waals surface area contributed by atoms with Gasteiger partial charge in [0.05, 0.1) is 0 Å². The van der Waals surface area contributed by atoms with Gasteiger partial charge >= 0.3 is 0 Å². The Morgan fingerprint density at radius 3 is 0.761 bits per heavy atom. The summed E-state index contributed by atoms with van der Waals surface area (Å²) in [5, 5.41) is 0. The van der Waals surface area contributed by atoms with Gasteiger partial charge in [-0.05, 0) is 134 Å². The minimum atomic E-state index is 0.263. The molecule has 4 fully saturated rings. The van der Waals surface area contributed by atoms with E-state index >= 15 is 0 Å². The van der Waals surface area contributed by atoms with Crippen molar-refractivity contribution >= 4 is 31.7 Å². The van der Waals surface area contributed by atoms with Crippen molar-refractivity contribution in [3.05, 3.63) is 0 Å². The second-order valence-corrected chi connectivity index (χ2v) is 30.2. The standard InChI is InChI=1S/C27H50P2.C15H34P2/c1-5-14-24(15-6-1)28(25-16-7-2-8-17-25)22-13-23-29(26-18-9-3-10-19-26)27-20-11-4-12-21-27;1-12(2)16(13(3)4)10-9-11-17(14(5)6)15(7)8/h24-27H,1-23H2;12-15H,9-11H2,1-8H3. The molecule has 0 heterocycles. The van der Waals surface area contributed by atoms with Gasteiger partial charge in [0, 0.05) is 0 Å². The molecule has 4 aliphatic rings. The molecule has 46 heavy (non-hydrogen) atoms. The molecular formula is C42H84P4. The van der Waals surface area contributed by atoms with Gasteiger partial charge in [0.2, 0.25) is 0 Å². The van der Waals surface area contributed by atoms with E-state index in [0.29, 0.717) is 15.8 Å². The van der Waals surface area contributed by atoms with Gasteiger partial charge in [-0.2, -0.15) is 0 Å². The summed E-state index contributed by atoms with van der Waals surface area (Å²) in [5.41, 5.74) is 8.36. The van der Waals surface area contributed by atoms with E-state index in [-0.39, 0.29) is 15.8 Å². The van der Waals surface area contributed by atoms with E-state index in [1.165, 1.54) is 41.4 Å². The van der Waals surface area contributed by atoms with Crippen LogP contribution in [0.1, 0.15) is 197 Å². The van der Waals surface area contributed by atoms with Crippen LogP contribution in [-0.4, -0.2) is 69.9 Å². The van der Waals surface area contributed by atoms with Crippen molar-refractivity contribution in [2.24, 2.45) is 0 Å². The van der Waals surface area contributed by atoms with Crippen molar-refractivity contribution in [2.45, 2.75) is 242 Å². The molecule has 0 unspecified atom stereocenters. The van der Waals surface area contributed by atoms with Crippen LogP contribution in [0, 0.1) is 0 Å². The van der Waals surface area contributed by atoms with E-state index in [1.54, 1.807) is 147 Å². The molecule has 0 aromatic rings. The summed E-state index contributed by atoms with van der Waals surface area (Å²) in [6, 6.07) is 0. The molecule has 0 spiro atoms. The van der Waals surface area contributed by atoms with E-state index < -0.39 is 0 Å². The number of hydrogen-bond donors (Lipinski definition) is 0. The Kier molecular flexibility index (Phi) is 22.0. The zero-order valence-corrected chi connectivity index (χ0v) is 36.4. The maximum absolute atomic E-state index is 2.42. The number of rotatable bonds is 16. The summed E-state index contributed by atoms with van der Waals surface area (Å²) in [6.45, 7) is 19.3. The van der Waals surface area contributed by atoms with E-state index in [9.17, 15) is 0 Å². The Morgan fingerprint density at radius 2 is 0.543 bits per heavy atom. The highest BCUT2D eigenvalue weighted by molar-refractivity contribution is 7.60. The fourth-order valence-corrected chi connectivity index (χ4v) is 23.9. The highest BCUT2D eigenvalue weighted by atomic mass is 31.1. The molecule has 0 radical (unpaired) electrons. The Morgan fingerprint density at radius 1 is 0.326 bits per heavy atom. The summed E-state index contributed by atoms with van der Waals surface area (Å²) in [7, 11) is 1.22. The molecule has 0 saturated heterocycles. The Balaban J connectivity index is 0.000000292. The second-order valence-electron chi connectivity index (χ2n) is 17.2. The van der Waals surface area contributed by atoms with Gasteiger partial charge in [-0.3, -0.25) is 0 Å². The minimum Gasteiger partial charge on any atom is -0.101 e. The molecule has 4 rings (SSSR count). The molecule has 0 atom stereocenters. The zero-order valence-electron chi connectivity index (χ0n) is 32.8. The maximum atomic E-state index is 2.42. The molecule has 4 heteroatoms. The third-order valence-electron chi connectivity index (χ3n) is 12.5. The first-order valence-corrected chi connectivity index (χ1v) is 27.9. The van der Waals surface area contributed by atoms with Crippen LogP contribution in [0.2, 0.25) is 0 Å². The smallest absolute Gasteiger partial charge is 0.0207 e. The predicted molar refractivity (Wildman–Crippen MR) is 224 cm³/mol. The third kappa shape index (κ3) is 15.1. The van der Waals surface area contributed by atoms with Crippen LogP contribution in [0.25, 0.3) is 0 Å². The maximum Gasteiger partial charge on any atom is -0.0207 e. The summed E-state index contributed by atoms with van der Waals surface area (Å²) in [6.07, 6.45) is 41.1. The number of hydrogen-bond acceptors (Lipinski definition) is 0. The molecule has 4 aliphatic carbocycles. The lowest BCUT2D eigenvalue weighted by Gasteiger charge is -2.41. The lowest BCUT2D eigenvalue weighted by atomic mass is 9.99. The van der Waals surface area contributed by atoms with Crippen molar-refractivity contribution in [1.29, 1.82) is 0 Å². The second kappa shape index (κ2) is 24.1. The predicted octanol–water partition coefficient (Wildman–Crippen LogP) is 15.6. The third-order valence-corrected chi connectivity index (χ3v) is 26.9. The Bertz CT molecular complexity index is 614. The van der Waals surface area contributed by atoms with E-state index in [4.69, 9.17) is 0 Å². The molecule has 4 saturated carbocycles. The Hall–Kier alpha value is 1.72. The molecular weight excluding hydrogens is 628 g/mol. The highest BCUT2D eigenvalue weighted by Gasteiger charge is 2.33. The molecule has 0 nitrogen and oxygen atoms in total. The van der Waals surface area contributed by atoms with Crippen LogP contribution >= 0.6 is 31.7 Å². The highest BCUT2D eigenvalue weighted by Crippen LogP contribution is 2.59. The van der Waals surface area contributed by atoms with E-state index in [1.807, 2.05) is 0 Å².